The Morgan fingerprint density at radius 1 is 1.32 bits per heavy atom. The summed E-state index contributed by atoms with van der Waals surface area (Å²) >= 11 is 6.12. The second-order valence-corrected chi connectivity index (χ2v) is 4.87. The van der Waals surface area contributed by atoms with Gasteiger partial charge in [-0.2, -0.15) is 5.10 Å². The first-order valence-corrected chi connectivity index (χ1v) is 6.41. The van der Waals surface area contributed by atoms with Crippen LogP contribution in [0.5, 0.6) is 0 Å². The highest BCUT2D eigenvalue weighted by atomic mass is 35.5. The minimum absolute atomic E-state index is 0.485. The standard InChI is InChI=1S/C13H14ClN5/c1-18-7-5-9(17-18)6-8-19-11-4-2-3-10(14)12(11)16-13(19)15/h2-5,7H,6,8H2,1H3,(H2,15,16). The number of aryl methyl sites for hydroxylation is 3. The topological polar surface area (TPSA) is 61.7 Å². The summed E-state index contributed by atoms with van der Waals surface area (Å²) in [5, 5.41) is 4.98. The van der Waals surface area contributed by atoms with Crippen molar-refractivity contribution < 1.29 is 0 Å². The van der Waals surface area contributed by atoms with Crippen molar-refractivity contribution in [1.82, 2.24) is 19.3 Å². The zero-order valence-corrected chi connectivity index (χ0v) is 11.3. The molecule has 6 heteroatoms. The molecule has 0 saturated heterocycles. The van der Waals surface area contributed by atoms with Crippen molar-refractivity contribution in [2.45, 2.75) is 13.0 Å². The number of anilines is 1. The second kappa shape index (κ2) is 4.59. The lowest BCUT2D eigenvalue weighted by Crippen LogP contribution is -2.06. The van der Waals surface area contributed by atoms with E-state index in [9.17, 15) is 0 Å². The average molecular weight is 276 g/mol. The lowest BCUT2D eigenvalue weighted by atomic mass is 10.3. The fraction of sp³-hybridized carbons (Fsp3) is 0.231. The van der Waals surface area contributed by atoms with Crippen LogP contribution in [0, 0.1) is 0 Å². The lowest BCUT2D eigenvalue weighted by Gasteiger charge is -2.04. The predicted octanol–water partition coefficient (Wildman–Crippen LogP) is 2.25. The molecule has 0 unspecified atom stereocenters. The highest BCUT2D eigenvalue weighted by Gasteiger charge is 2.10. The van der Waals surface area contributed by atoms with Gasteiger partial charge in [-0.1, -0.05) is 17.7 Å². The quantitative estimate of drug-likeness (QED) is 0.797. The SMILES string of the molecule is Cn1ccc(CCn2c(N)nc3c(Cl)cccc32)n1. The zero-order valence-electron chi connectivity index (χ0n) is 10.5. The van der Waals surface area contributed by atoms with E-state index in [0.29, 0.717) is 11.0 Å². The maximum absolute atomic E-state index is 6.12. The van der Waals surface area contributed by atoms with Gasteiger partial charge in [0.05, 0.1) is 16.2 Å². The van der Waals surface area contributed by atoms with Crippen molar-refractivity contribution in [3.63, 3.8) is 0 Å². The number of halogens is 1. The second-order valence-electron chi connectivity index (χ2n) is 4.46. The summed E-state index contributed by atoms with van der Waals surface area (Å²) in [6.45, 7) is 0.736. The van der Waals surface area contributed by atoms with Crippen LogP contribution in [-0.4, -0.2) is 19.3 Å². The summed E-state index contributed by atoms with van der Waals surface area (Å²) in [7, 11) is 1.91. The van der Waals surface area contributed by atoms with Crippen molar-refractivity contribution in [3.8, 4) is 0 Å². The number of nitrogens with two attached hydrogens (primary N) is 1. The monoisotopic (exact) mass is 275 g/mol. The molecule has 0 saturated carbocycles. The average Bonchev–Trinajstić information content (AvgIpc) is 2.92. The summed E-state index contributed by atoms with van der Waals surface area (Å²) in [6, 6.07) is 7.70. The van der Waals surface area contributed by atoms with E-state index >= 15 is 0 Å². The Bertz CT molecular complexity index is 728. The Labute approximate surface area is 115 Å². The van der Waals surface area contributed by atoms with Crippen LogP contribution in [0.3, 0.4) is 0 Å². The summed E-state index contributed by atoms with van der Waals surface area (Å²) in [4.78, 5) is 4.31. The smallest absolute Gasteiger partial charge is 0.201 e. The number of hydrogen-bond donors (Lipinski definition) is 1. The molecular weight excluding hydrogens is 262 g/mol. The number of rotatable bonds is 3. The van der Waals surface area contributed by atoms with Gasteiger partial charge in [0, 0.05) is 26.2 Å². The minimum atomic E-state index is 0.485. The van der Waals surface area contributed by atoms with Crippen LogP contribution in [0.2, 0.25) is 5.02 Å². The molecule has 2 N–H and O–H groups in total. The molecule has 0 atom stereocenters. The van der Waals surface area contributed by atoms with E-state index in [2.05, 4.69) is 10.1 Å². The van der Waals surface area contributed by atoms with Crippen LogP contribution in [0.4, 0.5) is 5.95 Å². The molecule has 1 aromatic carbocycles. The van der Waals surface area contributed by atoms with Gasteiger partial charge in [0.25, 0.3) is 0 Å². The Hall–Kier alpha value is -2.01. The van der Waals surface area contributed by atoms with E-state index < -0.39 is 0 Å². The highest BCUT2D eigenvalue weighted by molar-refractivity contribution is 6.35. The third-order valence-electron chi connectivity index (χ3n) is 3.12. The lowest BCUT2D eigenvalue weighted by molar-refractivity contribution is 0.683. The van der Waals surface area contributed by atoms with Crippen LogP contribution < -0.4 is 5.73 Å². The van der Waals surface area contributed by atoms with Gasteiger partial charge in [-0.05, 0) is 18.2 Å². The van der Waals surface area contributed by atoms with E-state index in [1.54, 1.807) is 4.68 Å². The van der Waals surface area contributed by atoms with Gasteiger partial charge >= 0.3 is 0 Å². The van der Waals surface area contributed by atoms with Crippen molar-refractivity contribution >= 4 is 28.6 Å². The van der Waals surface area contributed by atoms with Crippen LogP contribution in [0.1, 0.15) is 5.69 Å². The van der Waals surface area contributed by atoms with Crippen LogP contribution in [-0.2, 0) is 20.0 Å². The molecule has 2 heterocycles. The number of aromatic nitrogens is 4. The normalized spacial score (nSPS) is 11.3. The Balaban J connectivity index is 1.92. The highest BCUT2D eigenvalue weighted by Crippen LogP contribution is 2.25. The molecule has 0 spiro atoms. The maximum atomic E-state index is 6.12. The number of nitrogen functional groups attached to an aromatic ring is 1. The zero-order chi connectivity index (χ0) is 13.4. The van der Waals surface area contributed by atoms with Gasteiger partial charge in [0.15, 0.2) is 0 Å². The molecule has 0 aliphatic carbocycles. The first kappa shape index (κ1) is 12.0. The summed E-state index contributed by atoms with van der Waals surface area (Å²) in [5.41, 5.74) is 8.70. The maximum Gasteiger partial charge on any atom is 0.201 e. The van der Waals surface area contributed by atoms with E-state index in [-0.39, 0.29) is 0 Å². The Kier molecular flexibility index (Phi) is 2.91. The van der Waals surface area contributed by atoms with Gasteiger partial charge in [0.2, 0.25) is 5.95 Å². The van der Waals surface area contributed by atoms with Crippen LogP contribution in [0.15, 0.2) is 30.5 Å². The largest absolute Gasteiger partial charge is 0.369 e. The number of benzene rings is 1. The molecule has 3 aromatic rings. The van der Waals surface area contributed by atoms with Crippen molar-refractivity contribution in [2.75, 3.05) is 5.73 Å². The molecule has 19 heavy (non-hydrogen) atoms. The van der Waals surface area contributed by atoms with Crippen molar-refractivity contribution in [2.24, 2.45) is 7.05 Å². The third kappa shape index (κ3) is 2.17. The molecule has 0 amide bonds. The number of para-hydroxylation sites is 1. The fourth-order valence-corrected chi connectivity index (χ4v) is 2.40. The van der Waals surface area contributed by atoms with Crippen LogP contribution in [0.25, 0.3) is 11.0 Å². The molecular formula is C13H14ClN5. The molecule has 3 rings (SSSR count). The predicted molar refractivity (Wildman–Crippen MR) is 76.1 cm³/mol. The first-order chi connectivity index (χ1) is 9.15. The number of nitrogens with zero attached hydrogens (tertiary/aromatic N) is 4. The summed E-state index contributed by atoms with van der Waals surface area (Å²) in [6.07, 6.45) is 2.74. The summed E-state index contributed by atoms with van der Waals surface area (Å²) < 4.78 is 3.76. The minimum Gasteiger partial charge on any atom is -0.369 e. The summed E-state index contributed by atoms with van der Waals surface area (Å²) in [5.74, 6) is 0.485. The van der Waals surface area contributed by atoms with E-state index in [0.717, 1.165) is 29.7 Å². The molecule has 98 valence electrons. The molecule has 2 aromatic heterocycles. The van der Waals surface area contributed by atoms with E-state index in [1.165, 1.54) is 0 Å². The van der Waals surface area contributed by atoms with Gasteiger partial charge in [0.1, 0.15) is 5.52 Å². The molecule has 0 fully saturated rings. The van der Waals surface area contributed by atoms with Crippen LogP contribution >= 0.6 is 11.6 Å². The fourth-order valence-electron chi connectivity index (χ4n) is 2.19. The van der Waals surface area contributed by atoms with E-state index in [4.69, 9.17) is 17.3 Å². The van der Waals surface area contributed by atoms with Crippen molar-refractivity contribution in [1.29, 1.82) is 0 Å². The number of fused-ring (bicyclic) bond motifs is 1. The van der Waals surface area contributed by atoms with E-state index in [1.807, 2.05) is 42.1 Å². The van der Waals surface area contributed by atoms with Gasteiger partial charge in [-0.15, -0.1) is 0 Å². The first-order valence-electron chi connectivity index (χ1n) is 6.04. The van der Waals surface area contributed by atoms with Crippen molar-refractivity contribution in [3.05, 3.63) is 41.2 Å². The number of hydrogen-bond acceptors (Lipinski definition) is 3. The van der Waals surface area contributed by atoms with Gasteiger partial charge in [-0.25, -0.2) is 4.98 Å². The Morgan fingerprint density at radius 2 is 2.16 bits per heavy atom. The molecule has 5 nitrogen and oxygen atoms in total. The molecule has 0 aliphatic heterocycles. The Morgan fingerprint density at radius 3 is 2.89 bits per heavy atom. The third-order valence-corrected chi connectivity index (χ3v) is 3.42. The number of imidazole rings is 1. The molecule has 0 bridgehead atoms. The van der Waals surface area contributed by atoms with Gasteiger partial charge < -0.3 is 10.3 Å². The molecule has 0 radical (unpaired) electrons. The van der Waals surface area contributed by atoms with Gasteiger partial charge in [-0.3, -0.25) is 4.68 Å². The molecule has 0 aliphatic rings.